The Morgan fingerprint density at radius 3 is 2.56 bits per heavy atom. The third kappa shape index (κ3) is 2.85. The fourth-order valence-corrected chi connectivity index (χ4v) is 1.19. The molecule has 1 aromatic heterocycles. The summed E-state index contributed by atoms with van der Waals surface area (Å²) in [5.41, 5.74) is 7.31. The zero-order valence-corrected chi connectivity index (χ0v) is 10.2. The highest BCUT2D eigenvalue weighted by atomic mass is 16.2. The Morgan fingerprint density at radius 2 is 2.06 bits per heavy atom. The number of aryl methyl sites for hydroxylation is 1. The summed E-state index contributed by atoms with van der Waals surface area (Å²) in [6.07, 6.45) is 1.61. The molecule has 1 heterocycles. The number of carbonyl (C=O) groups excluding carboxylic acids is 1. The second-order valence-corrected chi connectivity index (χ2v) is 4.04. The van der Waals surface area contributed by atoms with Gasteiger partial charge in [0.15, 0.2) is 0 Å². The molecule has 5 nitrogen and oxygen atoms in total. The van der Waals surface area contributed by atoms with Crippen molar-refractivity contribution in [1.82, 2.24) is 9.88 Å². The number of hydrogen-bond donors (Lipinski definition) is 1. The van der Waals surface area contributed by atoms with Crippen molar-refractivity contribution < 1.29 is 4.79 Å². The summed E-state index contributed by atoms with van der Waals surface area (Å²) in [5.74, 6) is 0.792. The molecule has 1 rings (SSSR count). The van der Waals surface area contributed by atoms with E-state index in [1.165, 1.54) is 0 Å². The molecular weight excluding hydrogens is 204 g/mol. The molecule has 0 saturated heterocycles. The van der Waals surface area contributed by atoms with Gasteiger partial charge in [-0.25, -0.2) is 4.98 Å². The molecule has 0 bridgehead atoms. The number of likely N-dealkylation sites (N-methyl/N-ethyl adjacent to an activating group) is 2. The van der Waals surface area contributed by atoms with Gasteiger partial charge in [0.05, 0.1) is 18.4 Å². The number of anilines is 2. The number of rotatable bonds is 3. The maximum atomic E-state index is 11.5. The lowest BCUT2D eigenvalue weighted by molar-refractivity contribution is -0.127. The van der Waals surface area contributed by atoms with Crippen molar-refractivity contribution in [3.63, 3.8) is 0 Å². The van der Waals surface area contributed by atoms with E-state index in [0.717, 1.165) is 11.4 Å². The van der Waals surface area contributed by atoms with Crippen LogP contribution in [0.3, 0.4) is 0 Å². The lowest BCUT2D eigenvalue weighted by Crippen LogP contribution is -2.34. The standard InChI is InChI=1S/C11H18N4O/c1-8-5-10(13-6-9(8)12)15(4)7-11(16)14(2)3/h5-6H,7,12H2,1-4H3. The molecule has 1 amide bonds. The molecule has 16 heavy (non-hydrogen) atoms. The van der Waals surface area contributed by atoms with E-state index in [9.17, 15) is 4.79 Å². The van der Waals surface area contributed by atoms with Crippen LogP contribution in [0.1, 0.15) is 5.56 Å². The van der Waals surface area contributed by atoms with E-state index in [1.807, 2.05) is 20.0 Å². The van der Waals surface area contributed by atoms with E-state index in [0.29, 0.717) is 12.2 Å². The topological polar surface area (TPSA) is 62.5 Å². The van der Waals surface area contributed by atoms with Gasteiger partial charge in [-0.1, -0.05) is 0 Å². The van der Waals surface area contributed by atoms with Crippen molar-refractivity contribution in [2.24, 2.45) is 0 Å². The van der Waals surface area contributed by atoms with Crippen LogP contribution in [0, 0.1) is 6.92 Å². The van der Waals surface area contributed by atoms with Crippen molar-refractivity contribution in [3.8, 4) is 0 Å². The predicted octanol–water partition coefficient (Wildman–Crippen LogP) is 0.497. The molecular formula is C11H18N4O. The molecule has 0 fully saturated rings. The first-order valence-corrected chi connectivity index (χ1v) is 5.05. The summed E-state index contributed by atoms with van der Waals surface area (Å²) in [6, 6.07) is 1.87. The number of aromatic nitrogens is 1. The van der Waals surface area contributed by atoms with Crippen LogP contribution in [0.25, 0.3) is 0 Å². The van der Waals surface area contributed by atoms with Gasteiger partial charge < -0.3 is 15.5 Å². The van der Waals surface area contributed by atoms with Crippen LogP contribution in [-0.4, -0.2) is 43.5 Å². The minimum absolute atomic E-state index is 0.0405. The highest BCUT2D eigenvalue weighted by Gasteiger charge is 2.10. The van der Waals surface area contributed by atoms with E-state index in [2.05, 4.69) is 4.98 Å². The van der Waals surface area contributed by atoms with E-state index < -0.39 is 0 Å². The zero-order chi connectivity index (χ0) is 12.3. The highest BCUT2D eigenvalue weighted by molar-refractivity contribution is 5.80. The summed E-state index contributed by atoms with van der Waals surface area (Å²) in [5, 5.41) is 0. The molecule has 0 saturated carbocycles. The summed E-state index contributed by atoms with van der Waals surface area (Å²) in [6.45, 7) is 2.23. The van der Waals surface area contributed by atoms with Crippen molar-refractivity contribution in [1.29, 1.82) is 0 Å². The Hall–Kier alpha value is -1.78. The van der Waals surface area contributed by atoms with Crippen molar-refractivity contribution in [2.75, 3.05) is 38.3 Å². The minimum Gasteiger partial charge on any atom is -0.397 e. The third-order valence-corrected chi connectivity index (χ3v) is 2.40. The average Bonchev–Trinajstić information content (AvgIpc) is 2.21. The van der Waals surface area contributed by atoms with Crippen molar-refractivity contribution >= 4 is 17.4 Å². The maximum absolute atomic E-state index is 11.5. The number of amides is 1. The molecule has 1 aromatic rings. The number of pyridine rings is 1. The number of nitrogen functional groups attached to an aromatic ring is 1. The summed E-state index contributed by atoms with van der Waals surface area (Å²) >= 11 is 0. The second-order valence-electron chi connectivity index (χ2n) is 4.04. The van der Waals surface area contributed by atoms with Gasteiger partial charge in [-0.15, -0.1) is 0 Å². The van der Waals surface area contributed by atoms with E-state index in [-0.39, 0.29) is 5.91 Å². The van der Waals surface area contributed by atoms with Crippen LogP contribution in [0.2, 0.25) is 0 Å². The lowest BCUT2D eigenvalue weighted by atomic mass is 10.2. The predicted molar refractivity (Wildman–Crippen MR) is 65.4 cm³/mol. The average molecular weight is 222 g/mol. The number of nitrogens with zero attached hydrogens (tertiary/aromatic N) is 3. The van der Waals surface area contributed by atoms with Crippen LogP contribution in [-0.2, 0) is 4.79 Å². The van der Waals surface area contributed by atoms with Crippen LogP contribution in [0.5, 0.6) is 0 Å². The molecule has 0 radical (unpaired) electrons. The third-order valence-electron chi connectivity index (χ3n) is 2.40. The SMILES string of the molecule is Cc1cc(N(C)CC(=O)N(C)C)ncc1N. The van der Waals surface area contributed by atoms with Crippen LogP contribution in [0.4, 0.5) is 11.5 Å². The first-order valence-electron chi connectivity index (χ1n) is 5.05. The van der Waals surface area contributed by atoms with Gasteiger partial charge in [-0.05, 0) is 18.6 Å². The van der Waals surface area contributed by atoms with E-state index >= 15 is 0 Å². The van der Waals surface area contributed by atoms with Gasteiger partial charge in [0.2, 0.25) is 5.91 Å². The Kier molecular flexibility index (Phi) is 3.71. The summed E-state index contributed by atoms with van der Waals surface area (Å²) in [4.78, 5) is 19.0. The second kappa shape index (κ2) is 4.83. The molecule has 0 aliphatic heterocycles. The van der Waals surface area contributed by atoms with Crippen molar-refractivity contribution in [3.05, 3.63) is 17.8 Å². The molecule has 5 heteroatoms. The highest BCUT2D eigenvalue weighted by Crippen LogP contribution is 2.15. The number of carbonyl (C=O) groups is 1. The Bertz CT molecular complexity index is 390. The largest absolute Gasteiger partial charge is 0.397 e. The maximum Gasteiger partial charge on any atom is 0.241 e. The first kappa shape index (κ1) is 12.3. The molecule has 88 valence electrons. The monoisotopic (exact) mass is 222 g/mol. The smallest absolute Gasteiger partial charge is 0.241 e. The quantitative estimate of drug-likeness (QED) is 0.808. The molecule has 0 aliphatic carbocycles. The Morgan fingerprint density at radius 1 is 1.44 bits per heavy atom. The minimum atomic E-state index is 0.0405. The normalized spacial score (nSPS) is 10.0. The summed E-state index contributed by atoms with van der Waals surface area (Å²) in [7, 11) is 5.30. The Labute approximate surface area is 95.9 Å². The zero-order valence-electron chi connectivity index (χ0n) is 10.2. The van der Waals surface area contributed by atoms with Gasteiger partial charge in [-0.3, -0.25) is 4.79 Å². The van der Waals surface area contributed by atoms with Crippen LogP contribution >= 0.6 is 0 Å². The van der Waals surface area contributed by atoms with Gasteiger partial charge >= 0.3 is 0 Å². The fourth-order valence-electron chi connectivity index (χ4n) is 1.19. The molecule has 0 spiro atoms. The fraction of sp³-hybridized carbons (Fsp3) is 0.455. The van der Waals surface area contributed by atoms with Crippen LogP contribution < -0.4 is 10.6 Å². The molecule has 2 N–H and O–H groups in total. The van der Waals surface area contributed by atoms with Crippen molar-refractivity contribution in [2.45, 2.75) is 6.92 Å². The van der Waals surface area contributed by atoms with Gasteiger partial charge in [0, 0.05) is 21.1 Å². The van der Waals surface area contributed by atoms with E-state index in [1.54, 1.807) is 30.1 Å². The van der Waals surface area contributed by atoms with E-state index in [4.69, 9.17) is 5.73 Å². The lowest BCUT2D eigenvalue weighted by Gasteiger charge is -2.20. The first-order chi connectivity index (χ1) is 7.41. The number of nitrogens with two attached hydrogens (primary N) is 1. The number of hydrogen-bond acceptors (Lipinski definition) is 4. The van der Waals surface area contributed by atoms with Gasteiger partial charge in [0.25, 0.3) is 0 Å². The molecule has 0 aromatic carbocycles. The Balaban J connectivity index is 2.77. The molecule has 0 aliphatic rings. The van der Waals surface area contributed by atoms with Gasteiger partial charge in [0.1, 0.15) is 5.82 Å². The molecule has 0 unspecified atom stereocenters. The molecule has 0 atom stereocenters. The van der Waals surface area contributed by atoms with Gasteiger partial charge in [-0.2, -0.15) is 0 Å². The van der Waals surface area contributed by atoms with Crippen LogP contribution in [0.15, 0.2) is 12.3 Å². The summed E-state index contributed by atoms with van der Waals surface area (Å²) < 4.78 is 0.